The molecule has 0 saturated carbocycles. The van der Waals surface area contributed by atoms with Crippen molar-refractivity contribution in [1.82, 2.24) is 0 Å². The SMILES string of the molecule is CC(=O)O.ClCCl.OCC(F)(F)F. The van der Waals surface area contributed by atoms with Gasteiger partial charge >= 0.3 is 6.18 Å². The molecule has 0 bridgehead atoms. The summed E-state index contributed by atoms with van der Waals surface area (Å²) in [5, 5.41) is 14.9. The van der Waals surface area contributed by atoms with Crippen LogP contribution in [-0.2, 0) is 4.79 Å². The van der Waals surface area contributed by atoms with Gasteiger partial charge in [-0.15, -0.1) is 23.2 Å². The van der Waals surface area contributed by atoms with Gasteiger partial charge in [-0.25, -0.2) is 0 Å². The van der Waals surface area contributed by atoms with Gasteiger partial charge in [-0.1, -0.05) is 0 Å². The third kappa shape index (κ3) is 145. The van der Waals surface area contributed by atoms with E-state index in [4.69, 9.17) is 38.2 Å². The van der Waals surface area contributed by atoms with E-state index in [1.54, 1.807) is 0 Å². The van der Waals surface area contributed by atoms with Crippen LogP contribution in [0.2, 0.25) is 0 Å². The van der Waals surface area contributed by atoms with Gasteiger partial charge in [0.15, 0.2) is 0 Å². The van der Waals surface area contributed by atoms with Crippen molar-refractivity contribution < 1.29 is 28.2 Å². The summed E-state index contributed by atoms with van der Waals surface area (Å²) in [6.45, 7) is -0.646. The quantitative estimate of drug-likeness (QED) is 0.642. The Morgan fingerprint density at radius 3 is 1.46 bits per heavy atom. The molecule has 0 aliphatic carbocycles. The topological polar surface area (TPSA) is 57.5 Å². The van der Waals surface area contributed by atoms with Crippen LogP contribution < -0.4 is 0 Å². The molecular weight excluding hydrogens is 236 g/mol. The number of carboxylic acid groups (broad SMARTS) is 1. The third-order valence-electron chi connectivity index (χ3n) is 0.179. The average molecular weight is 245 g/mol. The van der Waals surface area contributed by atoms with Crippen LogP contribution in [-0.4, -0.2) is 34.3 Å². The number of aliphatic hydroxyl groups excluding tert-OH is 1. The lowest BCUT2D eigenvalue weighted by Gasteiger charge is -1.95. The summed E-state index contributed by atoms with van der Waals surface area (Å²) in [6.07, 6.45) is -4.40. The lowest BCUT2D eigenvalue weighted by atomic mass is 10.7. The minimum absolute atomic E-state index is 0.194. The van der Waals surface area contributed by atoms with Crippen LogP contribution in [0.3, 0.4) is 0 Å². The molecule has 0 atom stereocenters. The first-order valence-corrected chi connectivity index (χ1v) is 3.77. The van der Waals surface area contributed by atoms with E-state index in [9.17, 15) is 13.2 Å². The fraction of sp³-hybridized carbons (Fsp3) is 0.800. The van der Waals surface area contributed by atoms with Crippen molar-refractivity contribution in [2.75, 3.05) is 11.9 Å². The fourth-order valence-electron chi connectivity index (χ4n) is 0. The lowest BCUT2D eigenvalue weighted by molar-refractivity contribution is -0.159. The Labute approximate surface area is 83.1 Å². The van der Waals surface area contributed by atoms with Gasteiger partial charge < -0.3 is 10.2 Å². The number of halogens is 5. The number of hydrogen-bond acceptors (Lipinski definition) is 2. The number of carboxylic acids is 1. The number of hydrogen-bond donors (Lipinski definition) is 2. The van der Waals surface area contributed by atoms with Crippen molar-refractivity contribution in [3.8, 4) is 0 Å². The summed E-state index contributed by atoms with van der Waals surface area (Å²) < 4.78 is 31.6. The van der Waals surface area contributed by atoms with Crippen molar-refractivity contribution in [2.45, 2.75) is 13.1 Å². The first kappa shape index (κ1) is 18.6. The number of aliphatic hydroxyl groups is 1. The zero-order valence-corrected chi connectivity index (χ0v) is 8.12. The number of alkyl halides is 5. The maximum Gasteiger partial charge on any atom is 0.411 e. The monoisotopic (exact) mass is 244 g/mol. The molecule has 3 nitrogen and oxygen atoms in total. The van der Waals surface area contributed by atoms with E-state index < -0.39 is 18.8 Å². The lowest BCUT2D eigenvalue weighted by Crippen LogP contribution is -2.12. The van der Waals surface area contributed by atoms with Crippen molar-refractivity contribution in [2.24, 2.45) is 0 Å². The second-order valence-corrected chi connectivity index (χ2v) is 2.20. The zero-order chi connectivity index (χ0) is 11.5. The highest BCUT2D eigenvalue weighted by atomic mass is 35.5. The molecule has 0 rings (SSSR count). The summed E-state index contributed by atoms with van der Waals surface area (Å²) >= 11 is 9.53. The van der Waals surface area contributed by atoms with E-state index in [0.717, 1.165) is 6.92 Å². The molecule has 8 heteroatoms. The van der Waals surface area contributed by atoms with E-state index in [0.29, 0.717) is 0 Å². The van der Waals surface area contributed by atoms with E-state index in [1.165, 1.54) is 0 Å². The van der Waals surface area contributed by atoms with Crippen LogP contribution >= 0.6 is 23.2 Å². The minimum Gasteiger partial charge on any atom is -0.481 e. The molecule has 0 aliphatic heterocycles. The summed E-state index contributed by atoms with van der Waals surface area (Å²) in [4.78, 5) is 9.00. The molecule has 13 heavy (non-hydrogen) atoms. The predicted molar refractivity (Wildman–Crippen MR) is 43.0 cm³/mol. The number of aliphatic carboxylic acids is 1. The third-order valence-corrected chi connectivity index (χ3v) is 0.179. The molecule has 2 N–H and O–H groups in total. The molecule has 0 aliphatic rings. The van der Waals surface area contributed by atoms with Crippen molar-refractivity contribution >= 4 is 29.2 Å². The Bertz CT molecular complexity index is 114. The molecule has 0 spiro atoms. The van der Waals surface area contributed by atoms with Gasteiger partial charge in [0.05, 0.1) is 5.34 Å². The highest BCUT2D eigenvalue weighted by Gasteiger charge is 2.24. The Kier molecular flexibility index (Phi) is 16.8. The van der Waals surface area contributed by atoms with Crippen LogP contribution in [0, 0.1) is 0 Å². The highest BCUT2D eigenvalue weighted by molar-refractivity contribution is 6.40. The predicted octanol–water partition coefficient (Wildman–Crippen LogP) is 2.05. The maximum absolute atomic E-state index is 10.5. The van der Waals surface area contributed by atoms with Crippen molar-refractivity contribution in [3.05, 3.63) is 0 Å². The van der Waals surface area contributed by atoms with Gasteiger partial charge in [0.1, 0.15) is 6.61 Å². The fourth-order valence-corrected chi connectivity index (χ4v) is 0. The smallest absolute Gasteiger partial charge is 0.411 e. The Morgan fingerprint density at radius 1 is 1.38 bits per heavy atom. The van der Waals surface area contributed by atoms with E-state index >= 15 is 0 Å². The Balaban J connectivity index is -0.000000125. The second kappa shape index (κ2) is 11.8. The molecule has 0 aromatic heterocycles. The first-order valence-electron chi connectivity index (χ1n) is 2.70. The summed E-state index contributed by atoms with van der Waals surface area (Å²) in [7, 11) is 0. The highest BCUT2D eigenvalue weighted by Crippen LogP contribution is 2.11. The van der Waals surface area contributed by atoms with Gasteiger partial charge in [-0.05, 0) is 0 Å². The van der Waals surface area contributed by atoms with Gasteiger partial charge in [0.25, 0.3) is 5.97 Å². The molecular formula is C5H9Cl2F3O3. The normalized spacial score (nSPS) is 8.85. The Morgan fingerprint density at radius 2 is 1.46 bits per heavy atom. The van der Waals surface area contributed by atoms with Gasteiger partial charge in [-0.3, -0.25) is 4.79 Å². The van der Waals surface area contributed by atoms with Gasteiger partial charge in [0, 0.05) is 6.92 Å². The molecule has 0 unspecified atom stereocenters. The summed E-state index contributed by atoms with van der Waals surface area (Å²) in [5.41, 5.74) is 0. The van der Waals surface area contributed by atoms with E-state index in [1.807, 2.05) is 0 Å². The molecule has 0 radical (unpaired) electrons. The molecule has 82 valence electrons. The molecule has 0 saturated heterocycles. The second-order valence-electron chi connectivity index (χ2n) is 1.39. The average Bonchev–Trinajstić information content (AvgIpc) is 1.86. The van der Waals surface area contributed by atoms with E-state index in [-0.39, 0.29) is 5.34 Å². The van der Waals surface area contributed by atoms with Crippen LogP contribution in [0.4, 0.5) is 13.2 Å². The van der Waals surface area contributed by atoms with Crippen molar-refractivity contribution in [1.29, 1.82) is 0 Å². The maximum atomic E-state index is 10.5. The standard InChI is InChI=1S/C2H3F3O.C2H4O2.CH2Cl2/c3-2(4,5)1-6;1-2(3)4;2-1-3/h6H,1H2;1H3,(H,3,4);1H2. The molecule has 0 aromatic rings. The Hall–Kier alpha value is -0.200. The van der Waals surface area contributed by atoms with Crippen LogP contribution in [0.25, 0.3) is 0 Å². The van der Waals surface area contributed by atoms with Crippen LogP contribution in [0.5, 0.6) is 0 Å². The summed E-state index contributed by atoms with van der Waals surface area (Å²) in [6, 6.07) is 0. The van der Waals surface area contributed by atoms with Gasteiger partial charge in [0.2, 0.25) is 0 Å². The van der Waals surface area contributed by atoms with Gasteiger partial charge in [-0.2, -0.15) is 13.2 Å². The van der Waals surface area contributed by atoms with Crippen LogP contribution in [0.15, 0.2) is 0 Å². The zero-order valence-electron chi connectivity index (χ0n) is 6.61. The number of carbonyl (C=O) groups is 1. The number of rotatable bonds is 0. The largest absolute Gasteiger partial charge is 0.481 e. The molecule has 0 amide bonds. The molecule has 0 aromatic carbocycles. The minimum atomic E-state index is -4.40. The summed E-state index contributed by atoms with van der Waals surface area (Å²) in [5.74, 6) is -0.833. The molecule has 0 heterocycles. The molecule has 0 fully saturated rings. The first-order chi connectivity index (χ1) is 5.71. The van der Waals surface area contributed by atoms with E-state index in [2.05, 4.69) is 0 Å². The van der Waals surface area contributed by atoms with Crippen LogP contribution in [0.1, 0.15) is 6.92 Å². The van der Waals surface area contributed by atoms with Crippen molar-refractivity contribution in [3.63, 3.8) is 0 Å².